The molecular weight excluding hydrogens is 580 g/mol. The van der Waals surface area contributed by atoms with E-state index in [0.29, 0.717) is 11.5 Å². The van der Waals surface area contributed by atoms with Crippen molar-refractivity contribution in [2.45, 2.75) is 148 Å². The van der Waals surface area contributed by atoms with E-state index >= 15 is 0 Å². The topological polar surface area (TPSA) is 69.9 Å². The Labute approximate surface area is 293 Å². The van der Waals surface area contributed by atoms with Gasteiger partial charge in [0.2, 0.25) is 0 Å². The van der Waals surface area contributed by atoms with Gasteiger partial charge in [-0.15, -0.1) is 0 Å². The molecule has 0 aromatic rings. The predicted molar refractivity (Wildman–Crippen MR) is 210 cm³/mol. The number of aliphatic hydroxyl groups excluding tert-OH is 3. The standard InChI is InChI=1S/C12H24O.C11H20O.C10H16O.C10H18O/c1-10(8-9-13)6-7-11(2)12(3,4)5;1-10(7-9-12)6-5-8-11(2,3)4;1-8(2)6-10-7-9(3)4-5-11-10;1-9(2)5-4-6-10(3)7-8-11/h8,11,13H,6-7,9H2,1-5H3;5,7-8,12H,6,9H2,1-4H3;4,6,10H,5,7H2,1-3H3;5,7,11H,4,6,8H2,1-3H3/b10-8-;8-5+,10-7-;;10-7-. The van der Waals surface area contributed by atoms with E-state index in [4.69, 9.17) is 20.1 Å². The molecule has 274 valence electrons. The first-order valence-corrected chi connectivity index (χ1v) is 17.7. The first-order chi connectivity index (χ1) is 21.7. The number of allylic oxidation sites excluding steroid dienone is 8. The van der Waals surface area contributed by atoms with Crippen molar-refractivity contribution in [3.05, 3.63) is 82.0 Å². The fourth-order valence-electron chi connectivity index (χ4n) is 4.07. The molecule has 1 aliphatic heterocycles. The smallest absolute Gasteiger partial charge is 0.0799 e. The average Bonchev–Trinajstić information content (AvgIpc) is 2.91. The van der Waals surface area contributed by atoms with Crippen LogP contribution in [0.1, 0.15) is 142 Å². The molecule has 4 heteroatoms. The normalized spacial score (nSPS) is 16.4. The summed E-state index contributed by atoms with van der Waals surface area (Å²) in [6, 6.07) is 0. The van der Waals surface area contributed by atoms with E-state index < -0.39 is 0 Å². The Hall–Kier alpha value is -1.98. The van der Waals surface area contributed by atoms with Crippen molar-refractivity contribution >= 4 is 0 Å². The van der Waals surface area contributed by atoms with Gasteiger partial charge in [-0.25, -0.2) is 0 Å². The van der Waals surface area contributed by atoms with Crippen molar-refractivity contribution in [3.8, 4) is 0 Å². The molecule has 2 atom stereocenters. The van der Waals surface area contributed by atoms with Gasteiger partial charge in [0.25, 0.3) is 0 Å². The second-order valence-electron chi connectivity index (χ2n) is 15.7. The van der Waals surface area contributed by atoms with Crippen LogP contribution in [0.25, 0.3) is 0 Å². The molecule has 2 unspecified atom stereocenters. The number of rotatable bonds is 12. The van der Waals surface area contributed by atoms with Crippen LogP contribution < -0.4 is 0 Å². The summed E-state index contributed by atoms with van der Waals surface area (Å²) >= 11 is 0. The van der Waals surface area contributed by atoms with Gasteiger partial charge in [-0.2, -0.15) is 0 Å². The fourth-order valence-corrected chi connectivity index (χ4v) is 4.07. The Morgan fingerprint density at radius 2 is 1.30 bits per heavy atom. The van der Waals surface area contributed by atoms with Gasteiger partial charge in [0.1, 0.15) is 0 Å². The highest BCUT2D eigenvalue weighted by molar-refractivity contribution is 5.10. The molecule has 1 aliphatic rings. The zero-order valence-electron chi connectivity index (χ0n) is 33.6. The summed E-state index contributed by atoms with van der Waals surface area (Å²) in [5.74, 6) is 0.731. The molecule has 0 bridgehead atoms. The monoisotopic (exact) mass is 659 g/mol. The van der Waals surface area contributed by atoms with Crippen LogP contribution >= 0.6 is 0 Å². The number of aliphatic hydroxyl groups is 3. The second-order valence-corrected chi connectivity index (χ2v) is 15.7. The fraction of sp³-hybridized carbons (Fsp3) is 0.674. The third-order valence-corrected chi connectivity index (χ3v) is 7.70. The Kier molecular flexibility index (Phi) is 30.5. The molecule has 0 spiro atoms. The van der Waals surface area contributed by atoms with Crippen LogP contribution in [-0.2, 0) is 4.74 Å². The largest absolute Gasteiger partial charge is 0.392 e. The second kappa shape index (κ2) is 29.0. The van der Waals surface area contributed by atoms with Crippen LogP contribution in [0, 0.1) is 16.7 Å². The molecule has 1 rings (SSSR count). The van der Waals surface area contributed by atoms with Gasteiger partial charge in [-0.3, -0.25) is 0 Å². The van der Waals surface area contributed by atoms with Crippen LogP contribution in [0.5, 0.6) is 0 Å². The van der Waals surface area contributed by atoms with Crippen molar-refractivity contribution in [2.24, 2.45) is 16.7 Å². The Bertz CT molecular complexity index is 989. The third-order valence-electron chi connectivity index (χ3n) is 7.70. The summed E-state index contributed by atoms with van der Waals surface area (Å²) < 4.78 is 5.51. The maximum absolute atomic E-state index is 8.69. The lowest BCUT2D eigenvalue weighted by atomic mass is 9.79. The summed E-state index contributed by atoms with van der Waals surface area (Å²) in [7, 11) is 0. The minimum Gasteiger partial charge on any atom is -0.392 e. The van der Waals surface area contributed by atoms with E-state index in [-0.39, 0.29) is 25.2 Å². The van der Waals surface area contributed by atoms with Gasteiger partial charge in [-0.1, -0.05) is 131 Å². The Morgan fingerprint density at radius 3 is 1.72 bits per heavy atom. The molecule has 4 nitrogen and oxygen atoms in total. The summed E-state index contributed by atoms with van der Waals surface area (Å²) in [4.78, 5) is 0. The van der Waals surface area contributed by atoms with Crippen molar-refractivity contribution in [3.63, 3.8) is 0 Å². The van der Waals surface area contributed by atoms with Gasteiger partial charge in [0.05, 0.1) is 32.5 Å². The van der Waals surface area contributed by atoms with Crippen LogP contribution in [-0.4, -0.2) is 47.9 Å². The summed E-state index contributed by atoms with van der Waals surface area (Å²) in [6.45, 7) is 33.7. The lowest BCUT2D eigenvalue weighted by Crippen LogP contribution is -2.17. The van der Waals surface area contributed by atoms with Crippen LogP contribution in [0.15, 0.2) is 82.0 Å². The summed E-state index contributed by atoms with van der Waals surface area (Å²) in [5, 5.41) is 25.8. The van der Waals surface area contributed by atoms with E-state index in [0.717, 1.165) is 44.6 Å². The zero-order chi connectivity index (χ0) is 37.1. The van der Waals surface area contributed by atoms with Crippen LogP contribution in [0.3, 0.4) is 0 Å². The van der Waals surface area contributed by atoms with E-state index in [1.54, 1.807) is 0 Å². The van der Waals surface area contributed by atoms with Gasteiger partial charge in [-0.05, 0) is 111 Å². The van der Waals surface area contributed by atoms with Gasteiger partial charge in [0.15, 0.2) is 0 Å². The van der Waals surface area contributed by atoms with E-state index in [9.17, 15) is 0 Å². The first-order valence-electron chi connectivity index (χ1n) is 17.7. The van der Waals surface area contributed by atoms with Gasteiger partial charge >= 0.3 is 0 Å². The summed E-state index contributed by atoms with van der Waals surface area (Å²) in [6.07, 6.45) is 23.3. The molecule has 0 aliphatic carbocycles. The van der Waals surface area contributed by atoms with E-state index in [2.05, 4.69) is 127 Å². The van der Waals surface area contributed by atoms with Crippen molar-refractivity contribution < 1.29 is 20.1 Å². The molecule has 3 N–H and O–H groups in total. The minimum atomic E-state index is 0.148. The lowest BCUT2D eigenvalue weighted by Gasteiger charge is -2.27. The molecule has 0 amide bonds. The summed E-state index contributed by atoms with van der Waals surface area (Å²) in [5.41, 5.74) is 8.60. The molecule has 0 aromatic heterocycles. The van der Waals surface area contributed by atoms with E-state index in [1.165, 1.54) is 39.9 Å². The molecule has 0 radical (unpaired) electrons. The highest BCUT2D eigenvalue weighted by atomic mass is 16.5. The highest BCUT2D eigenvalue weighted by Gasteiger charge is 2.19. The maximum Gasteiger partial charge on any atom is 0.0799 e. The SMILES string of the molecule is C/C(=C/CO)C/C=C/C(C)(C)C.C/C(=C/CO)CCC(C)C(C)(C)C.CC(C)=CC1CC(C)=CCO1.CC(C)=CCC/C(C)=C\CO. The minimum absolute atomic E-state index is 0.148. The van der Waals surface area contributed by atoms with Crippen molar-refractivity contribution in [1.29, 1.82) is 0 Å². The molecule has 0 fully saturated rings. The molecule has 0 saturated heterocycles. The zero-order valence-corrected chi connectivity index (χ0v) is 33.6. The Morgan fingerprint density at radius 1 is 0.787 bits per heavy atom. The molecule has 0 saturated carbocycles. The number of hydrogen-bond acceptors (Lipinski definition) is 4. The third kappa shape index (κ3) is 38.3. The van der Waals surface area contributed by atoms with Crippen LogP contribution in [0.2, 0.25) is 0 Å². The van der Waals surface area contributed by atoms with Gasteiger partial charge < -0.3 is 20.1 Å². The lowest BCUT2D eigenvalue weighted by molar-refractivity contribution is 0.0983. The molecule has 47 heavy (non-hydrogen) atoms. The average molecular weight is 659 g/mol. The maximum atomic E-state index is 8.69. The van der Waals surface area contributed by atoms with Crippen LogP contribution in [0.4, 0.5) is 0 Å². The molecule has 1 heterocycles. The van der Waals surface area contributed by atoms with Crippen molar-refractivity contribution in [1.82, 2.24) is 0 Å². The molecular formula is C43H78O4. The van der Waals surface area contributed by atoms with Crippen molar-refractivity contribution in [2.75, 3.05) is 26.4 Å². The first kappa shape index (κ1) is 49.4. The predicted octanol–water partition coefficient (Wildman–Crippen LogP) is 11.7. The van der Waals surface area contributed by atoms with Gasteiger partial charge in [0, 0.05) is 0 Å². The Balaban J connectivity index is -0.000000550. The number of ether oxygens (including phenoxy) is 1. The number of hydrogen-bond donors (Lipinski definition) is 3. The quantitative estimate of drug-likeness (QED) is 0.183. The molecule has 0 aromatic carbocycles. The van der Waals surface area contributed by atoms with E-state index in [1.807, 2.05) is 25.2 Å². The highest BCUT2D eigenvalue weighted by Crippen LogP contribution is 2.30.